The van der Waals surface area contributed by atoms with Crippen LogP contribution in [-0.4, -0.2) is 94.2 Å². The van der Waals surface area contributed by atoms with Crippen LogP contribution in [0.1, 0.15) is 31.8 Å². The van der Waals surface area contributed by atoms with Gasteiger partial charge in [-0.05, 0) is 71.3 Å². The largest absolute Gasteiger partial charge is 1.00 e. The molecule has 64 heavy (non-hydrogen) atoms. The Morgan fingerprint density at radius 3 is 1.61 bits per heavy atom. The number of nitrogens with two attached hydrogens (primary N) is 1. The van der Waals surface area contributed by atoms with E-state index in [9.17, 15) is 66.6 Å². The SMILES string of the molecule is COc1cc(-c2ccc(NN=C3C(=O)c4c(O)cc(S(=O)(=O)[O-])cc4C=C3S(=O)(=O)[O-])c(OC)c2)ccc1NN=C1C=Cc2c(S(=O)(=O)[O-])cc(S(=O)(=O)[O-])c(N)c2C1=O.[Na+].[Na+].[Na+].[Na+]. The summed E-state index contributed by atoms with van der Waals surface area (Å²) in [5.41, 5.74) is 7.18. The van der Waals surface area contributed by atoms with Crippen LogP contribution in [0, 0.1) is 0 Å². The molecule has 4 aromatic rings. The summed E-state index contributed by atoms with van der Waals surface area (Å²) >= 11 is 0. The fourth-order valence-corrected chi connectivity index (χ4v) is 8.55. The van der Waals surface area contributed by atoms with Crippen LogP contribution in [0.4, 0.5) is 17.1 Å². The molecule has 0 spiro atoms. The first kappa shape index (κ1) is 57.6. The summed E-state index contributed by atoms with van der Waals surface area (Å²) in [6, 6.07) is 10.3. The number of hydrazone groups is 2. The van der Waals surface area contributed by atoms with Gasteiger partial charge in [-0.3, -0.25) is 20.4 Å². The van der Waals surface area contributed by atoms with Crippen molar-refractivity contribution in [2.45, 2.75) is 14.7 Å². The first-order chi connectivity index (χ1) is 27.8. The Morgan fingerprint density at radius 2 is 1.14 bits per heavy atom. The Bertz CT molecular complexity index is 3200. The van der Waals surface area contributed by atoms with E-state index in [0.717, 1.165) is 12.2 Å². The van der Waals surface area contributed by atoms with Crippen LogP contribution in [0.15, 0.2) is 90.5 Å². The first-order valence-electron chi connectivity index (χ1n) is 16.1. The van der Waals surface area contributed by atoms with Gasteiger partial charge in [0.05, 0.1) is 62.0 Å². The molecule has 22 nitrogen and oxygen atoms in total. The molecule has 0 atom stereocenters. The van der Waals surface area contributed by atoms with E-state index in [4.69, 9.17) is 15.2 Å². The molecular formula is C34H23N5Na4O17S4. The van der Waals surface area contributed by atoms with Gasteiger partial charge in [0, 0.05) is 5.56 Å². The number of phenols is 1. The van der Waals surface area contributed by atoms with E-state index in [0.29, 0.717) is 29.3 Å². The van der Waals surface area contributed by atoms with Crippen LogP contribution in [0.3, 0.4) is 0 Å². The molecule has 2 aliphatic carbocycles. The summed E-state index contributed by atoms with van der Waals surface area (Å²) in [7, 11) is -18.9. The van der Waals surface area contributed by atoms with E-state index in [2.05, 4.69) is 21.1 Å². The van der Waals surface area contributed by atoms with E-state index >= 15 is 0 Å². The molecule has 30 heteroatoms. The van der Waals surface area contributed by atoms with Crippen LogP contribution in [0.2, 0.25) is 0 Å². The van der Waals surface area contributed by atoms with E-state index in [1.807, 2.05) is 0 Å². The average molecular weight is 994 g/mol. The number of carbonyl (C=O) groups is 2. The molecule has 0 heterocycles. The van der Waals surface area contributed by atoms with Crippen LogP contribution in [0.5, 0.6) is 17.2 Å². The number of hydrogen-bond acceptors (Lipinski definition) is 22. The Morgan fingerprint density at radius 1 is 0.625 bits per heavy atom. The quantitative estimate of drug-likeness (QED) is 0.0469. The van der Waals surface area contributed by atoms with Crippen molar-refractivity contribution in [1.82, 2.24) is 0 Å². The molecule has 0 saturated heterocycles. The number of nitrogen functional groups attached to an aromatic ring is 1. The molecule has 2 aliphatic rings. The number of rotatable bonds is 11. The predicted molar refractivity (Wildman–Crippen MR) is 205 cm³/mol. The Kier molecular flexibility index (Phi) is 19.5. The van der Waals surface area contributed by atoms with Gasteiger partial charge in [-0.15, -0.1) is 0 Å². The Balaban J connectivity index is 0.00000352. The van der Waals surface area contributed by atoms with Gasteiger partial charge in [-0.2, -0.15) is 10.2 Å². The second-order valence-corrected chi connectivity index (χ2v) is 17.7. The third kappa shape index (κ3) is 11.9. The molecule has 0 bridgehead atoms. The van der Waals surface area contributed by atoms with Crippen molar-refractivity contribution in [3.63, 3.8) is 0 Å². The summed E-state index contributed by atoms with van der Waals surface area (Å²) in [5, 5.41) is 18.2. The normalized spacial score (nSPS) is 14.7. The van der Waals surface area contributed by atoms with Crippen molar-refractivity contribution >= 4 is 92.7 Å². The number of carbonyl (C=O) groups excluding carboxylic acids is 2. The summed E-state index contributed by atoms with van der Waals surface area (Å²) in [4.78, 5) is 22.1. The van der Waals surface area contributed by atoms with Crippen molar-refractivity contribution in [1.29, 1.82) is 0 Å². The number of anilines is 3. The van der Waals surface area contributed by atoms with E-state index in [-0.39, 0.29) is 147 Å². The standard InChI is InChI=1S/C34H27N5O17S4.4Na/c1-55-24-10-15(3-6-20(24)36-38-22-8-5-19-26(58(46,47)48)14-27(59(49,50)51)31(35)30(19)33(22)41)16-4-7-21(25(11-16)56-2)37-39-32-28(60(52,53)54)12-17-9-18(57(43,44)45)13-23(40)29(17)34(32)42;;;;/h3-14,36-37,40H,35H2,1-2H3,(H,43,44,45)(H,46,47,48)(H,49,50,51)(H,52,53,54);;;;/q;4*+1/p-4. The fourth-order valence-electron chi connectivity index (χ4n) is 5.97. The maximum absolute atomic E-state index is 13.4. The molecule has 0 saturated carbocycles. The second-order valence-electron chi connectivity index (χ2n) is 12.3. The zero-order valence-corrected chi connectivity index (χ0v) is 45.3. The number of fused-ring (bicyclic) bond motifs is 2. The molecule has 6 rings (SSSR count). The van der Waals surface area contributed by atoms with E-state index in [1.165, 1.54) is 44.6 Å². The second kappa shape index (κ2) is 21.6. The zero-order chi connectivity index (χ0) is 44.3. The number of allylic oxidation sites excluding steroid dienone is 2. The number of methoxy groups -OCH3 is 2. The van der Waals surface area contributed by atoms with Gasteiger partial charge in [-0.25, -0.2) is 33.7 Å². The monoisotopic (exact) mass is 993 g/mol. The summed E-state index contributed by atoms with van der Waals surface area (Å²) in [6.45, 7) is 0. The number of benzene rings is 4. The Hall–Kier alpha value is -2.52. The number of nitrogens with zero attached hydrogens (tertiary/aromatic N) is 2. The number of Topliss-reactive ketones (excluding diaryl/α,β-unsaturated/α-hetero) is 2. The number of ether oxygens (including phenoxy) is 2. The Labute approximate surface area is 453 Å². The molecule has 0 fully saturated rings. The molecule has 0 aromatic heterocycles. The number of nitrogens with one attached hydrogen (secondary N) is 2. The van der Waals surface area contributed by atoms with Crippen LogP contribution < -0.4 is 144 Å². The van der Waals surface area contributed by atoms with Crippen molar-refractivity contribution in [3.8, 4) is 28.4 Å². The van der Waals surface area contributed by atoms with Crippen molar-refractivity contribution in [3.05, 3.63) is 87.8 Å². The number of hydrogen-bond donors (Lipinski definition) is 4. The third-order valence-electron chi connectivity index (χ3n) is 8.70. The van der Waals surface area contributed by atoms with Crippen LogP contribution in [0.25, 0.3) is 23.3 Å². The average Bonchev–Trinajstić information content (AvgIpc) is 3.15. The summed E-state index contributed by atoms with van der Waals surface area (Å²) in [5.74, 6) is -3.23. The van der Waals surface area contributed by atoms with Crippen molar-refractivity contribution in [2.24, 2.45) is 10.2 Å². The van der Waals surface area contributed by atoms with Crippen LogP contribution in [-0.2, 0) is 40.5 Å². The van der Waals surface area contributed by atoms with Crippen LogP contribution >= 0.6 is 0 Å². The van der Waals surface area contributed by atoms with E-state index in [1.54, 1.807) is 6.07 Å². The zero-order valence-electron chi connectivity index (χ0n) is 34.0. The maximum atomic E-state index is 13.4. The molecule has 0 amide bonds. The smallest absolute Gasteiger partial charge is 0.744 e. The number of ketones is 2. The van der Waals surface area contributed by atoms with Gasteiger partial charge in [0.15, 0.2) is 0 Å². The minimum atomic E-state index is -5.46. The van der Waals surface area contributed by atoms with Gasteiger partial charge in [0.25, 0.3) is 0 Å². The van der Waals surface area contributed by atoms with Gasteiger partial charge in [0.1, 0.15) is 69.1 Å². The molecule has 0 radical (unpaired) electrons. The van der Waals surface area contributed by atoms with Gasteiger partial charge in [-0.1, -0.05) is 18.2 Å². The molecule has 314 valence electrons. The third-order valence-corrected chi connectivity index (χ3v) is 12.1. The minimum Gasteiger partial charge on any atom is -0.744 e. The molecular weight excluding hydrogens is 971 g/mol. The first-order valence-corrected chi connectivity index (χ1v) is 21.7. The summed E-state index contributed by atoms with van der Waals surface area (Å²) < 4.78 is 153. The fraction of sp³-hybridized carbons (Fsp3) is 0.0588. The van der Waals surface area contributed by atoms with Crippen molar-refractivity contribution in [2.75, 3.05) is 30.8 Å². The molecule has 5 N–H and O–H groups in total. The van der Waals surface area contributed by atoms with Gasteiger partial charge in [0.2, 0.25) is 11.6 Å². The molecule has 0 unspecified atom stereocenters. The summed E-state index contributed by atoms with van der Waals surface area (Å²) in [6.07, 6.45) is 2.60. The van der Waals surface area contributed by atoms with Gasteiger partial charge >= 0.3 is 118 Å². The maximum Gasteiger partial charge on any atom is 1.00 e. The minimum absolute atomic E-state index is 0. The number of aromatic hydroxyl groups is 1. The molecule has 0 aliphatic heterocycles. The van der Waals surface area contributed by atoms with E-state index < -0.39 is 117 Å². The number of phenolic OH excluding ortho intramolecular Hbond substituents is 1. The topological polar surface area (TPSA) is 376 Å². The molecule has 4 aromatic carbocycles. The van der Waals surface area contributed by atoms with Crippen molar-refractivity contribution < 1.29 is 194 Å². The van der Waals surface area contributed by atoms with Gasteiger partial charge < -0.3 is 38.5 Å². The predicted octanol–water partition coefficient (Wildman–Crippen LogP) is -10.4.